The number of aliphatic hydroxyl groups excluding tert-OH is 3. The van der Waals surface area contributed by atoms with Crippen LogP contribution < -0.4 is 0 Å². The molecule has 1 aliphatic rings. The van der Waals surface area contributed by atoms with E-state index in [1.54, 1.807) is 0 Å². The maximum atomic E-state index is 9.52. The molecule has 0 amide bonds. The fraction of sp³-hybridized carbons (Fsp3) is 1.00. The van der Waals surface area contributed by atoms with Gasteiger partial charge in [0.2, 0.25) is 0 Å². The lowest BCUT2D eigenvalue weighted by Crippen LogP contribution is -2.36. The van der Waals surface area contributed by atoms with Crippen molar-refractivity contribution >= 4 is 0 Å². The topological polar surface area (TPSA) is 69.9 Å². The van der Waals surface area contributed by atoms with Crippen molar-refractivity contribution in [3.8, 4) is 0 Å². The van der Waals surface area contributed by atoms with E-state index in [9.17, 15) is 10.2 Å². The molecule has 0 aromatic rings. The Labute approximate surface area is 90.9 Å². The number of hydrogen-bond donors (Lipinski definition) is 3. The highest BCUT2D eigenvalue weighted by atomic mass is 16.5. The Bertz CT molecular complexity index is 174. The number of ether oxygens (including phenoxy) is 1. The molecule has 4 nitrogen and oxygen atoms in total. The van der Waals surface area contributed by atoms with E-state index < -0.39 is 6.10 Å². The lowest BCUT2D eigenvalue weighted by Gasteiger charge is -2.33. The minimum absolute atomic E-state index is 0.0277. The second kappa shape index (κ2) is 6.43. The van der Waals surface area contributed by atoms with Crippen molar-refractivity contribution < 1.29 is 20.1 Å². The summed E-state index contributed by atoms with van der Waals surface area (Å²) in [6.45, 7) is 2.00. The van der Waals surface area contributed by atoms with Crippen molar-refractivity contribution in [2.75, 3.05) is 13.2 Å². The average molecular weight is 218 g/mol. The van der Waals surface area contributed by atoms with Gasteiger partial charge in [-0.05, 0) is 25.2 Å². The van der Waals surface area contributed by atoms with Crippen molar-refractivity contribution in [3.63, 3.8) is 0 Å². The Morgan fingerprint density at radius 2 is 2.13 bits per heavy atom. The van der Waals surface area contributed by atoms with Crippen LogP contribution in [0.5, 0.6) is 0 Å². The normalized spacial score (nSPS) is 34.0. The molecule has 90 valence electrons. The van der Waals surface area contributed by atoms with Crippen molar-refractivity contribution in [3.05, 3.63) is 0 Å². The van der Waals surface area contributed by atoms with E-state index >= 15 is 0 Å². The van der Waals surface area contributed by atoms with Crippen LogP contribution >= 0.6 is 0 Å². The van der Waals surface area contributed by atoms with Crippen LogP contribution in [0.4, 0.5) is 0 Å². The van der Waals surface area contributed by atoms with E-state index in [-0.39, 0.29) is 25.4 Å². The molecule has 4 heteroatoms. The first kappa shape index (κ1) is 12.9. The molecule has 15 heavy (non-hydrogen) atoms. The minimum atomic E-state index is -0.804. The highest BCUT2D eigenvalue weighted by molar-refractivity contribution is 4.80. The molecular weight excluding hydrogens is 196 g/mol. The van der Waals surface area contributed by atoms with E-state index in [1.807, 2.05) is 0 Å². The third-order valence-corrected chi connectivity index (χ3v) is 3.14. The lowest BCUT2D eigenvalue weighted by atomic mass is 9.83. The summed E-state index contributed by atoms with van der Waals surface area (Å²) >= 11 is 0. The van der Waals surface area contributed by atoms with E-state index in [0.717, 1.165) is 19.3 Å². The third-order valence-electron chi connectivity index (χ3n) is 3.14. The van der Waals surface area contributed by atoms with Gasteiger partial charge in [-0.3, -0.25) is 0 Å². The van der Waals surface area contributed by atoms with Crippen LogP contribution in [0.15, 0.2) is 0 Å². The van der Waals surface area contributed by atoms with Gasteiger partial charge in [0, 0.05) is 0 Å². The zero-order valence-electron chi connectivity index (χ0n) is 9.30. The van der Waals surface area contributed by atoms with Crippen LogP contribution in [-0.2, 0) is 4.74 Å². The molecule has 0 aromatic heterocycles. The molecule has 0 heterocycles. The molecule has 1 aliphatic carbocycles. The first-order chi connectivity index (χ1) is 7.17. The van der Waals surface area contributed by atoms with Gasteiger partial charge in [-0.15, -0.1) is 0 Å². The monoisotopic (exact) mass is 218 g/mol. The SMILES string of the molecule is CCC1CCC(O)CC1OCC(O)CO. The molecule has 1 saturated carbocycles. The van der Waals surface area contributed by atoms with E-state index in [2.05, 4.69) is 6.92 Å². The Balaban J connectivity index is 2.34. The summed E-state index contributed by atoms with van der Waals surface area (Å²) in [5.41, 5.74) is 0. The molecule has 0 aromatic carbocycles. The standard InChI is InChI=1S/C11H22O4/c1-2-8-3-4-9(13)5-11(8)15-7-10(14)6-12/h8-14H,2-7H2,1H3. The summed E-state index contributed by atoms with van der Waals surface area (Å²) in [7, 11) is 0. The second-order valence-corrected chi connectivity index (χ2v) is 4.34. The maximum Gasteiger partial charge on any atom is 0.100 e. The van der Waals surface area contributed by atoms with E-state index in [0.29, 0.717) is 12.3 Å². The van der Waals surface area contributed by atoms with Crippen LogP contribution in [0.3, 0.4) is 0 Å². The van der Waals surface area contributed by atoms with Gasteiger partial charge in [-0.2, -0.15) is 0 Å². The van der Waals surface area contributed by atoms with Gasteiger partial charge in [-0.25, -0.2) is 0 Å². The highest BCUT2D eigenvalue weighted by Gasteiger charge is 2.29. The van der Waals surface area contributed by atoms with Gasteiger partial charge in [0.15, 0.2) is 0 Å². The Morgan fingerprint density at radius 3 is 2.73 bits per heavy atom. The molecular formula is C11H22O4. The predicted molar refractivity (Wildman–Crippen MR) is 56.5 cm³/mol. The number of hydrogen-bond acceptors (Lipinski definition) is 4. The molecule has 1 rings (SSSR count). The van der Waals surface area contributed by atoms with Crippen LogP contribution in [0, 0.1) is 5.92 Å². The highest BCUT2D eigenvalue weighted by Crippen LogP contribution is 2.29. The Kier molecular flexibility index (Phi) is 5.53. The van der Waals surface area contributed by atoms with Crippen molar-refractivity contribution in [2.45, 2.75) is 50.9 Å². The summed E-state index contributed by atoms with van der Waals surface area (Å²) < 4.78 is 5.54. The number of aliphatic hydroxyl groups is 3. The fourth-order valence-corrected chi connectivity index (χ4v) is 2.13. The molecule has 0 aliphatic heterocycles. The van der Waals surface area contributed by atoms with Gasteiger partial charge < -0.3 is 20.1 Å². The molecule has 0 bridgehead atoms. The summed E-state index contributed by atoms with van der Waals surface area (Å²) in [6, 6.07) is 0. The predicted octanol–water partition coefficient (Wildman–Crippen LogP) is 0.296. The van der Waals surface area contributed by atoms with Crippen molar-refractivity contribution in [1.29, 1.82) is 0 Å². The summed E-state index contributed by atoms with van der Waals surface area (Å²) in [6.07, 6.45) is 2.47. The first-order valence-corrected chi connectivity index (χ1v) is 5.76. The van der Waals surface area contributed by atoms with Crippen LogP contribution in [0.25, 0.3) is 0 Å². The second-order valence-electron chi connectivity index (χ2n) is 4.34. The van der Waals surface area contributed by atoms with Gasteiger partial charge >= 0.3 is 0 Å². The third kappa shape index (κ3) is 4.07. The van der Waals surface area contributed by atoms with E-state index in [4.69, 9.17) is 9.84 Å². The average Bonchev–Trinajstić information content (AvgIpc) is 2.26. The fourth-order valence-electron chi connectivity index (χ4n) is 2.13. The summed E-state index contributed by atoms with van der Waals surface area (Å²) in [5.74, 6) is 0.472. The quantitative estimate of drug-likeness (QED) is 0.620. The van der Waals surface area contributed by atoms with Crippen molar-refractivity contribution in [1.82, 2.24) is 0 Å². The van der Waals surface area contributed by atoms with Gasteiger partial charge in [-0.1, -0.05) is 13.3 Å². The zero-order chi connectivity index (χ0) is 11.3. The molecule has 0 spiro atoms. The minimum Gasteiger partial charge on any atom is -0.394 e. The van der Waals surface area contributed by atoms with Gasteiger partial charge in [0.25, 0.3) is 0 Å². The summed E-state index contributed by atoms with van der Waals surface area (Å²) in [5, 5.41) is 27.4. The molecule has 4 unspecified atom stereocenters. The zero-order valence-corrected chi connectivity index (χ0v) is 9.30. The summed E-state index contributed by atoms with van der Waals surface area (Å²) in [4.78, 5) is 0. The van der Waals surface area contributed by atoms with E-state index in [1.165, 1.54) is 0 Å². The van der Waals surface area contributed by atoms with Gasteiger partial charge in [0.05, 0.1) is 25.4 Å². The Hall–Kier alpha value is -0.160. The molecule has 1 fully saturated rings. The van der Waals surface area contributed by atoms with Crippen LogP contribution in [-0.4, -0.2) is 46.8 Å². The number of rotatable bonds is 5. The Morgan fingerprint density at radius 1 is 1.40 bits per heavy atom. The molecule has 0 saturated heterocycles. The molecule has 3 N–H and O–H groups in total. The molecule has 4 atom stereocenters. The smallest absolute Gasteiger partial charge is 0.100 e. The first-order valence-electron chi connectivity index (χ1n) is 5.76. The largest absolute Gasteiger partial charge is 0.394 e. The van der Waals surface area contributed by atoms with Crippen LogP contribution in [0.2, 0.25) is 0 Å². The van der Waals surface area contributed by atoms with Gasteiger partial charge in [0.1, 0.15) is 6.10 Å². The van der Waals surface area contributed by atoms with Crippen molar-refractivity contribution in [2.24, 2.45) is 5.92 Å². The maximum absolute atomic E-state index is 9.52. The molecule has 0 radical (unpaired) electrons. The lowest BCUT2D eigenvalue weighted by molar-refractivity contribution is -0.0831. The van der Waals surface area contributed by atoms with Crippen LogP contribution in [0.1, 0.15) is 32.6 Å².